The van der Waals surface area contributed by atoms with Crippen molar-refractivity contribution in [3.8, 4) is 0 Å². The van der Waals surface area contributed by atoms with Crippen LogP contribution in [0.4, 0.5) is 5.69 Å². The maximum atomic E-state index is 12.5. The van der Waals surface area contributed by atoms with Crippen molar-refractivity contribution < 1.29 is 9.59 Å². The fourth-order valence-electron chi connectivity index (χ4n) is 2.86. The molecule has 0 fully saturated rings. The molecule has 5 nitrogen and oxygen atoms in total. The van der Waals surface area contributed by atoms with Gasteiger partial charge in [-0.25, -0.2) is 0 Å². The van der Waals surface area contributed by atoms with Crippen LogP contribution >= 0.6 is 11.3 Å². The lowest BCUT2D eigenvalue weighted by Gasteiger charge is -2.16. The summed E-state index contributed by atoms with van der Waals surface area (Å²) < 4.78 is 0. The molecule has 0 saturated carbocycles. The van der Waals surface area contributed by atoms with E-state index in [1.165, 1.54) is 28.0 Å². The third kappa shape index (κ3) is 3.48. The van der Waals surface area contributed by atoms with E-state index < -0.39 is 0 Å². The van der Waals surface area contributed by atoms with E-state index in [1.54, 1.807) is 37.6 Å². The number of fused-ring (bicyclic) bond motifs is 1. The smallest absolute Gasteiger partial charge is 0.272 e. The van der Waals surface area contributed by atoms with E-state index in [2.05, 4.69) is 17.2 Å². The molecule has 0 spiro atoms. The molecule has 1 aliphatic carbocycles. The lowest BCUT2D eigenvalue weighted by Crippen LogP contribution is -2.23. The molecule has 2 aromatic heterocycles. The van der Waals surface area contributed by atoms with E-state index in [4.69, 9.17) is 0 Å². The fourth-order valence-corrected chi connectivity index (χ4v) is 3.97. The van der Waals surface area contributed by atoms with Crippen molar-refractivity contribution in [1.29, 1.82) is 0 Å². The highest BCUT2D eigenvalue weighted by Gasteiger charge is 2.21. The standard InChI is InChI=1S/C18H21N3O2S/c1-11-4-5-15-12(8-11)9-16(24-15)17(22)20-13-6-7-19-14(10-13)18(23)21(2)3/h6-7,9-11H,4-5,8H2,1-3H3,(H,19,20,22)/t11-/m1/s1. The molecule has 0 aliphatic heterocycles. The van der Waals surface area contributed by atoms with Crippen molar-refractivity contribution in [3.63, 3.8) is 0 Å². The van der Waals surface area contributed by atoms with Crippen molar-refractivity contribution in [2.75, 3.05) is 19.4 Å². The van der Waals surface area contributed by atoms with E-state index >= 15 is 0 Å². The highest BCUT2D eigenvalue weighted by molar-refractivity contribution is 7.14. The lowest BCUT2D eigenvalue weighted by molar-refractivity contribution is 0.0821. The minimum absolute atomic E-state index is 0.128. The van der Waals surface area contributed by atoms with Crippen LogP contribution in [0.25, 0.3) is 0 Å². The SMILES string of the molecule is C[C@@H]1CCc2sc(C(=O)Nc3ccnc(C(=O)N(C)C)c3)cc2C1. The number of rotatable bonds is 3. The highest BCUT2D eigenvalue weighted by Crippen LogP contribution is 2.32. The highest BCUT2D eigenvalue weighted by atomic mass is 32.1. The second-order valence-corrected chi connectivity index (χ2v) is 7.63. The van der Waals surface area contributed by atoms with Gasteiger partial charge >= 0.3 is 0 Å². The molecule has 0 aromatic carbocycles. The quantitative estimate of drug-likeness (QED) is 0.931. The Morgan fingerprint density at radius 3 is 2.88 bits per heavy atom. The summed E-state index contributed by atoms with van der Waals surface area (Å²) in [7, 11) is 3.35. The summed E-state index contributed by atoms with van der Waals surface area (Å²) in [6.45, 7) is 2.25. The first-order chi connectivity index (χ1) is 11.4. The Balaban J connectivity index is 1.76. The van der Waals surface area contributed by atoms with Crippen molar-refractivity contribution in [2.45, 2.75) is 26.2 Å². The zero-order valence-corrected chi connectivity index (χ0v) is 14.9. The van der Waals surface area contributed by atoms with E-state index in [-0.39, 0.29) is 11.8 Å². The Hall–Kier alpha value is -2.21. The molecule has 2 heterocycles. The summed E-state index contributed by atoms with van der Waals surface area (Å²) >= 11 is 1.58. The number of hydrogen-bond acceptors (Lipinski definition) is 4. The van der Waals surface area contributed by atoms with Gasteiger partial charge in [0.05, 0.1) is 4.88 Å². The number of aromatic nitrogens is 1. The maximum Gasteiger partial charge on any atom is 0.272 e. The molecule has 0 unspecified atom stereocenters. The molecule has 6 heteroatoms. The molecule has 2 aromatic rings. The Morgan fingerprint density at radius 1 is 1.33 bits per heavy atom. The summed E-state index contributed by atoms with van der Waals surface area (Å²) in [6.07, 6.45) is 4.84. The van der Waals surface area contributed by atoms with Crippen LogP contribution in [0, 0.1) is 5.92 Å². The fraction of sp³-hybridized carbons (Fsp3) is 0.389. The minimum atomic E-state index is -0.188. The molecule has 2 amide bonds. The van der Waals surface area contributed by atoms with E-state index in [1.807, 2.05) is 6.07 Å². The number of carbonyl (C=O) groups is 2. The molecule has 1 N–H and O–H groups in total. The first-order valence-corrected chi connectivity index (χ1v) is 8.86. The number of nitrogens with one attached hydrogen (secondary N) is 1. The summed E-state index contributed by atoms with van der Waals surface area (Å²) in [5.74, 6) is 0.367. The average Bonchev–Trinajstić information content (AvgIpc) is 2.97. The van der Waals surface area contributed by atoms with Crippen LogP contribution in [0.2, 0.25) is 0 Å². The van der Waals surface area contributed by atoms with Gasteiger partial charge in [0.1, 0.15) is 5.69 Å². The van der Waals surface area contributed by atoms with Crippen LogP contribution in [0.15, 0.2) is 24.4 Å². The van der Waals surface area contributed by atoms with Gasteiger partial charge < -0.3 is 10.2 Å². The molecule has 0 saturated heterocycles. The van der Waals surface area contributed by atoms with E-state index in [0.29, 0.717) is 17.3 Å². The molecule has 1 atom stereocenters. The van der Waals surface area contributed by atoms with Crippen LogP contribution in [0.5, 0.6) is 0 Å². The van der Waals surface area contributed by atoms with Crippen LogP contribution in [-0.2, 0) is 12.8 Å². The van der Waals surface area contributed by atoms with E-state index in [9.17, 15) is 9.59 Å². The Bertz CT molecular complexity index is 782. The number of hydrogen-bond donors (Lipinski definition) is 1. The molecule has 0 bridgehead atoms. The number of anilines is 1. The van der Waals surface area contributed by atoms with Crippen LogP contribution in [0.3, 0.4) is 0 Å². The second-order valence-electron chi connectivity index (χ2n) is 6.49. The summed E-state index contributed by atoms with van der Waals surface area (Å²) in [6, 6.07) is 5.31. The number of aryl methyl sites for hydroxylation is 1. The van der Waals surface area contributed by atoms with Gasteiger partial charge in [-0.3, -0.25) is 14.6 Å². The summed E-state index contributed by atoms with van der Waals surface area (Å²) in [5.41, 5.74) is 2.21. The molecule has 1 aliphatic rings. The number of nitrogens with zero attached hydrogens (tertiary/aromatic N) is 2. The molecular weight excluding hydrogens is 322 g/mol. The second kappa shape index (κ2) is 6.73. The Kier molecular flexibility index (Phi) is 4.66. The van der Waals surface area contributed by atoms with Gasteiger partial charge in [0.15, 0.2) is 0 Å². The van der Waals surface area contributed by atoms with Gasteiger partial charge in [0, 0.05) is 30.9 Å². The number of amides is 2. The van der Waals surface area contributed by atoms with Gasteiger partial charge in [0.25, 0.3) is 11.8 Å². The van der Waals surface area contributed by atoms with Crippen LogP contribution in [-0.4, -0.2) is 35.8 Å². The number of carbonyl (C=O) groups excluding carboxylic acids is 2. The first-order valence-electron chi connectivity index (χ1n) is 8.04. The lowest BCUT2D eigenvalue weighted by atomic mass is 9.90. The third-order valence-electron chi connectivity index (χ3n) is 4.20. The molecule has 24 heavy (non-hydrogen) atoms. The monoisotopic (exact) mass is 343 g/mol. The predicted molar refractivity (Wildman–Crippen MR) is 95.7 cm³/mol. The Morgan fingerprint density at radius 2 is 2.12 bits per heavy atom. The van der Waals surface area contributed by atoms with Gasteiger partial charge in [-0.1, -0.05) is 6.92 Å². The maximum absolute atomic E-state index is 12.5. The molecule has 3 rings (SSSR count). The van der Waals surface area contributed by atoms with E-state index in [0.717, 1.165) is 17.7 Å². The van der Waals surface area contributed by atoms with Crippen molar-refractivity contribution in [1.82, 2.24) is 9.88 Å². The minimum Gasteiger partial charge on any atom is -0.343 e. The molecular formula is C18H21N3O2S. The molecule has 126 valence electrons. The summed E-state index contributed by atoms with van der Waals surface area (Å²) in [4.78, 5) is 32.1. The van der Waals surface area contributed by atoms with Crippen molar-refractivity contribution in [3.05, 3.63) is 45.4 Å². The van der Waals surface area contributed by atoms with Gasteiger partial charge in [0.2, 0.25) is 0 Å². The van der Waals surface area contributed by atoms with Gasteiger partial charge in [-0.05, 0) is 48.9 Å². The number of thiophene rings is 1. The van der Waals surface area contributed by atoms with Crippen LogP contribution in [0.1, 0.15) is 43.9 Å². The normalized spacial score (nSPS) is 16.4. The average molecular weight is 343 g/mol. The van der Waals surface area contributed by atoms with Crippen LogP contribution < -0.4 is 5.32 Å². The largest absolute Gasteiger partial charge is 0.343 e. The van der Waals surface area contributed by atoms with Crippen molar-refractivity contribution >= 4 is 28.8 Å². The summed E-state index contributed by atoms with van der Waals surface area (Å²) in [5, 5.41) is 2.87. The zero-order chi connectivity index (χ0) is 17.3. The van der Waals surface area contributed by atoms with Gasteiger partial charge in [-0.15, -0.1) is 11.3 Å². The topological polar surface area (TPSA) is 62.3 Å². The zero-order valence-electron chi connectivity index (χ0n) is 14.1. The number of pyridine rings is 1. The Labute approximate surface area is 145 Å². The molecule has 0 radical (unpaired) electrons. The first kappa shape index (κ1) is 16.6. The predicted octanol–water partition coefficient (Wildman–Crippen LogP) is 3.22. The van der Waals surface area contributed by atoms with Crippen molar-refractivity contribution in [2.24, 2.45) is 5.92 Å². The third-order valence-corrected chi connectivity index (χ3v) is 5.43. The van der Waals surface area contributed by atoms with Gasteiger partial charge in [-0.2, -0.15) is 0 Å².